The predicted octanol–water partition coefficient (Wildman–Crippen LogP) is 3.45. The molecule has 0 heterocycles. The number of benzene rings is 1. The number of rotatable bonds is 10. The monoisotopic (exact) mass is 290 g/mol. The summed E-state index contributed by atoms with van der Waals surface area (Å²) >= 11 is 0. The Morgan fingerprint density at radius 3 is 2.52 bits per heavy atom. The topological polar surface area (TPSA) is 55.1 Å². The first kappa shape index (κ1) is 17.7. The van der Waals surface area contributed by atoms with Crippen LogP contribution in [0.2, 0.25) is 0 Å². The summed E-state index contributed by atoms with van der Waals surface area (Å²) in [6.45, 7) is 5.75. The fourth-order valence-corrected chi connectivity index (χ4v) is 2.67. The van der Waals surface area contributed by atoms with Crippen molar-refractivity contribution in [3.05, 3.63) is 35.9 Å². The molecule has 21 heavy (non-hydrogen) atoms. The van der Waals surface area contributed by atoms with Gasteiger partial charge in [0.15, 0.2) is 0 Å². The summed E-state index contributed by atoms with van der Waals surface area (Å²) in [6, 6.07) is 10.3. The molecule has 0 spiro atoms. The van der Waals surface area contributed by atoms with Gasteiger partial charge in [0.05, 0.1) is 0 Å². The summed E-state index contributed by atoms with van der Waals surface area (Å²) in [4.78, 5) is 11.9. The van der Waals surface area contributed by atoms with Crippen molar-refractivity contribution < 1.29 is 4.79 Å². The standard InChI is InChI=1S/C18H30N2O/c1-3-7-16(12-13-19)10-11-18(21)20-14-15(2)17-8-5-4-6-9-17/h4-6,8-9,15-16H,3,7,10-14,19H2,1-2H3,(H,20,21). The normalized spacial score (nSPS) is 13.7. The van der Waals surface area contributed by atoms with Crippen LogP contribution in [-0.4, -0.2) is 19.0 Å². The Bertz CT molecular complexity index is 385. The number of nitrogens with two attached hydrogens (primary N) is 1. The van der Waals surface area contributed by atoms with Crippen molar-refractivity contribution >= 4 is 5.91 Å². The molecule has 0 saturated carbocycles. The zero-order valence-corrected chi connectivity index (χ0v) is 13.5. The molecule has 2 unspecified atom stereocenters. The van der Waals surface area contributed by atoms with Crippen molar-refractivity contribution in [2.45, 2.75) is 51.9 Å². The number of carbonyl (C=O) groups is 1. The molecule has 0 saturated heterocycles. The van der Waals surface area contributed by atoms with E-state index < -0.39 is 0 Å². The number of carbonyl (C=O) groups excluding carboxylic acids is 1. The molecule has 0 aromatic heterocycles. The summed E-state index contributed by atoms with van der Waals surface area (Å²) < 4.78 is 0. The van der Waals surface area contributed by atoms with Gasteiger partial charge in [0, 0.05) is 13.0 Å². The molecule has 0 aliphatic heterocycles. The predicted molar refractivity (Wildman–Crippen MR) is 89.2 cm³/mol. The molecule has 0 bridgehead atoms. The third-order valence-electron chi connectivity index (χ3n) is 4.03. The van der Waals surface area contributed by atoms with Crippen LogP contribution in [0.5, 0.6) is 0 Å². The molecule has 1 aromatic rings. The van der Waals surface area contributed by atoms with E-state index in [0.717, 1.165) is 25.8 Å². The van der Waals surface area contributed by atoms with Crippen molar-refractivity contribution in [3.63, 3.8) is 0 Å². The molecule has 118 valence electrons. The van der Waals surface area contributed by atoms with Crippen LogP contribution in [0.3, 0.4) is 0 Å². The molecule has 0 aliphatic carbocycles. The van der Waals surface area contributed by atoms with Gasteiger partial charge in [-0.1, -0.05) is 57.0 Å². The van der Waals surface area contributed by atoms with Gasteiger partial charge in [0.25, 0.3) is 0 Å². The summed E-state index contributed by atoms with van der Waals surface area (Å²) in [5, 5.41) is 3.05. The smallest absolute Gasteiger partial charge is 0.220 e. The van der Waals surface area contributed by atoms with Gasteiger partial charge in [0.2, 0.25) is 5.91 Å². The maximum Gasteiger partial charge on any atom is 0.220 e. The Balaban J connectivity index is 2.27. The molecule has 2 atom stereocenters. The molecule has 0 fully saturated rings. The van der Waals surface area contributed by atoms with Crippen molar-refractivity contribution in [1.82, 2.24) is 5.32 Å². The Labute approximate surface area is 129 Å². The van der Waals surface area contributed by atoms with E-state index in [2.05, 4.69) is 31.3 Å². The van der Waals surface area contributed by atoms with E-state index in [0.29, 0.717) is 24.8 Å². The maximum atomic E-state index is 11.9. The van der Waals surface area contributed by atoms with Gasteiger partial charge in [-0.2, -0.15) is 0 Å². The molecule has 0 aliphatic rings. The highest BCUT2D eigenvalue weighted by Gasteiger charge is 2.11. The van der Waals surface area contributed by atoms with Gasteiger partial charge < -0.3 is 11.1 Å². The van der Waals surface area contributed by atoms with E-state index in [-0.39, 0.29) is 5.91 Å². The van der Waals surface area contributed by atoms with Crippen molar-refractivity contribution in [2.24, 2.45) is 11.7 Å². The first-order chi connectivity index (χ1) is 10.2. The number of nitrogens with one attached hydrogen (secondary N) is 1. The van der Waals surface area contributed by atoms with E-state index in [1.807, 2.05) is 18.2 Å². The van der Waals surface area contributed by atoms with E-state index in [1.54, 1.807) is 0 Å². The van der Waals surface area contributed by atoms with Gasteiger partial charge in [-0.3, -0.25) is 4.79 Å². The fraction of sp³-hybridized carbons (Fsp3) is 0.611. The van der Waals surface area contributed by atoms with Crippen LogP contribution in [0.25, 0.3) is 0 Å². The van der Waals surface area contributed by atoms with E-state index in [4.69, 9.17) is 5.73 Å². The summed E-state index contributed by atoms with van der Waals surface area (Å²) in [5.74, 6) is 1.11. The second-order valence-corrected chi connectivity index (χ2v) is 5.89. The third-order valence-corrected chi connectivity index (χ3v) is 4.03. The molecule has 3 N–H and O–H groups in total. The Hall–Kier alpha value is -1.35. The average molecular weight is 290 g/mol. The lowest BCUT2D eigenvalue weighted by Gasteiger charge is -2.16. The van der Waals surface area contributed by atoms with Gasteiger partial charge in [-0.15, -0.1) is 0 Å². The lowest BCUT2D eigenvalue weighted by atomic mass is 9.94. The second-order valence-electron chi connectivity index (χ2n) is 5.89. The van der Waals surface area contributed by atoms with Crippen LogP contribution in [0, 0.1) is 5.92 Å². The number of hydrogen-bond acceptors (Lipinski definition) is 2. The Morgan fingerprint density at radius 1 is 1.19 bits per heavy atom. The van der Waals surface area contributed by atoms with Gasteiger partial charge in [-0.05, 0) is 36.8 Å². The number of amides is 1. The zero-order chi connectivity index (χ0) is 15.5. The SMILES string of the molecule is CCCC(CCN)CCC(=O)NCC(C)c1ccccc1. The Kier molecular flexibility index (Phi) is 8.76. The molecular formula is C18H30N2O. The quantitative estimate of drug-likeness (QED) is 0.693. The second kappa shape index (κ2) is 10.4. The van der Waals surface area contributed by atoms with E-state index in [9.17, 15) is 4.79 Å². The first-order valence-corrected chi connectivity index (χ1v) is 8.19. The maximum absolute atomic E-state index is 11.9. The number of hydrogen-bond donors (Lipinski definition) is 2. The lowest BCUT2D eigenvalue weighted by molar-refractivity contribution is -0.121. The van der Waals surface area contributed by atoms with Gasteiger partial charge in [0.1, 0.15) is 0 Å². The van der Waals surface area contributed by atoms with Gasteiger partial charge in [-0.25, -0.2) is 0 Å². The van der Waals surface area contributed by atoms with Gasteiger partial charge >= 0.3 is 0 Å². The molecule has 3 nitrogen and oxygen atoms in total. The minimum atomic E-state index is 0.163. The van der Waals surface area contributed by atoms with Crippen molar-refractivity contribution in [3.8, 4) is 0 Å². The average Bonchev–Trinajstić information content (AvgIpc) is 2.51. The summed E-state index contributed by atoms with van der Waals surface area (Å²) in [5.41, 5.74) is 6.90. The van der Waals surface area contributed by atoms with Crippen LogP contribution >= 0.6 is 0 Å². The van der Waals surface area contributed by atoms with Crippen LogP contribution in [0.1, 0.15) is 57.4 Å². The largest absolute Gasteiger partial charge is 0.356 e. The summed E-state index contributed by atoms with van der Waals surface area (Å²) in [7, 11) is 0. The molecule has 0 radical (unpaired) electrons. The molecular weight excluding hydrogens is 260 g/mol. The van der Waals surface area contributed by atoms with Crippen LogP contribution < -0.4 is 11.1 Å². The van der Waals surface area contributed by atoms with Crippen LogP contribution in [-0.2, 0) is 4.79 Å². The first-order valence-electron chi connectivity index (χ1n) is 8.19. The molecule has 1 rings (SSSR count). The highest BCUT2D eigenvalue weighted by Crippen LogP contribution is 2.17. The molecule has 3 heteroatoms. The fourth-order valence-electron chi connectivity index (χ4n) is 2.67. The van der Waals surface area contributed by atoms with Crippen LogP contribution in [0.4, 0.5) is 0 Å². The molecule has 1 amide bonds. The van der Waals surface area contributed by atoms with E-state index in [1.165, 1.54) is 12.0 Å². The summed E-state index contributed by atoms with van der Waals surface area (Å²) in [6.07, 6.45) is 4.94. The van der Waals surface area contributed by atoms with Crippen LogP contribution in [0.15, 0.2) is 30.3 Å². The minimum absolute atomic E-state index is 0.163. The van der Waals surface area contributed by atoms with Crippen molar-refractivity contribution in [2.75, 3.05) is 13.1 Å². The zero-order valence-electron chi connectivity index (χ0n) is 13.5. The lowest BCUT2D eigenvalue weighted by Crippen LogP contribution is -2.27. The third kappa shape index (κ3) is 7.28. The highest BCUT2D eigenvalue weighted by molar-refractivity contribution is 5.75. The highest BCUT2D eigenvalue weighted by atomic mass is 16.1. The molecule has 1 aromatic carbocycles. The minimum Gasteiger partial charge on any atom is -0.356 e. The van der Waals surface area contributed by atoms with Crippen molar-refractivity contribution in [1.29, 1.82) is 0 Å². The van der Waals surface area contributed by atoms with E-state index >= 15 is 0 Å². The Morgan fingerprint density at radius 2 is 1.90 bits per heavy atom.